The first-order valence-corrected chi connectivity index (χ1v) is 11.4. The van der Waals surface area contributed by atoms with Crippen LogP contribution in [0.5, 0.6) is 5.75 Å². The summed E-state index contributed by atoms with van der Waals surface area (Å²) in [6.45, 7) is 9.42. The van der Waals surface area contributed by atoms with E-state index in [0.717, 1.165) is 63.0 Å². The third-order valence-corrected chi connectivity index (χ3v) is 7.03. The maximum absolute atomic E-state index is 5.72. The fraction of sp³-hybridized carbons (Fsp3) is 0.565. The van der Waals surface area contributed by atoms with Crippen LogP contribution < -0.4 is 15.4 Å². The molecule has 31 heavy (non-hydrogen) atoms. The normalized spacial score (nSPS) is 15.8. The molecule has 0 spiro atoms. The van der Waals surface area contributed by atoms with E-state index in [4.69, 9.17) is 9.47 Å². The molecule has 0 unspecified atom stereocenters. The number of hydrogen-bond acceptors (Lipinski definition) is 5. The predicted molar refractivity (Wildman–Crippen MR) is 140 cm³/mol. The summed E-state index contributed by atoms with van der Waals surface area (Å²) in [6.07, 6.45) is 2.80. The largest absolute Gasteiger partial charge is 0.496 e. The van der Waals surface area contributed by atoms with Crippen LogP contribution in [0.15, 0.2) is 23.2 Å². The van der Waals surface area contributed by atoms with E-state index >= 15 is 0 Å². The smallest absolute Gasteiger partial charge is 0.191 e. The number of aryl methyl sites for hydroxylation is 3. The van der Waals surface area contributed by atoms with Crippen LogP contribution in [0.3, 0.4) is 0 Å². The zero-order valence-electron chi connectivity index (χ0n) is 19.2. The number of aliphatic imine (C=N–C) groups is 1. The molecule has 1 aliphatic heterocycles. The van der Waals surface area contributed by atoms with Gasteiger partial charge in [-0.1, -0.05) is 17.7 Å². The monoisotopic (exact) mass is 558 g/mol. The number of hydrogen-bond donors (Lipinski definition) is 2. The van der Waals surface area contributed by atoms with Crippen LogP contribution in [0.1, 0.15) is 39.5 Å². The molecule has 2 aromatic rings. The fourth-order valence-corrected chi connectivity index (χ4v) is 4.88. The van der Waals surface area contributed by atoms with E-state index in [9.17, 15) is 0 Å². The van der Waals surface area contributed by atoms with Gasteiger partial charge in [-0.2, -0.15) is 0 Å². The van der Waals surface area contributed by atoms with Gasteiger partial charge in [-0.25, -0.2) is 4.98 Å². The molecule has 0 aliphatic carbocycles. The molecule has 6 nitrogen and oxygen atoms in total. The lowest BCUT2D eigenvalue weighted by Gasteiger charge is -2.39. The van der Waals surface area contributed by atoms with Crippen molar-refractivity contribution in [2.24, 2.45) is 4.99 Å². The van der Waals surface area contributed by atoms with Crippen LogP contribution in [-0.4, -0.2) is 51.4 Å². The van der Waals surface area contributed by atoms with E-state index in [0.29, 0.717) is 0 Å². The maximum Gasteiger partial charge on any atom is 0.191 e. The van der Waals surface area contributed by atoms with E-state index in [1.807, 2.05) is 7.05 Å². The lowest BCUT2D eigenvalue weighted by Crippen LogP contribution is -2.48. The molecule has 0 saturated carbocycles. The van der Waals surface area contributed by atoms with Crippen molar-refractivity contribution in [3.63, 3.8) is 0 Å². The Morgan fingerprint density at radius 1 is 1.23 bits per heavy atom. The summed E-state index contributed by atoms with van der Waals surface area (Å²) in [5.74, 6) is 1.76. The van der Waals surface area contributed by atoms with E-state index in [1.54, 1.807) is 18.4 Å². The van der Waals surface area contributed by atoms with Crippen molar-refractivity contribution in [3.05, 3.63) is 44.9 Å². The second-order valence-electron chi connectivity index (χ2n) is 7.95. The summed E-state index contributed by atoms with van der Waals surface area (Å²) in [7, 11) is 3.56. The molecule has 1 saturated heterocycles. The first-order chi connectivity index (χ1) is 14.5. The summed E-state index contributed by atoms with van der Waals surface area (Å²) in [5.41, 5.74) is 3.58. The molecule has 0 bridgehead atoms. The summed E-state index contributed by atoms with van der Waals surface area (Å²) in [6, 6.07) is 6.44. The van der Waals surface area contributed by atoms with Crippen molar-refractivity contribution in [1.82, 2.24) is 15.6 Å². The minimum atomic E-state index is -0.0449. The molecule has 172 valence electrons. The Hall–Kier alpha value is -1.39. The van der Waals surface area contributed by atoms with Crippen LogP contribution in [0.2, 0.25) is 0 Å². The van der Waals surface area contributed by atoms with Gasteiger partial charge in [0.2, 0.25) is 0 Å². The molecule has 3 rings (SSSR count). The lowest BCUT2D eigenvalue weighted by molar-refractivity contribution is 0.0505. The average Bonchev–Trinajstić information content (AvgIpc) is 3.08. The van der Waals surface area contributed by atoms with Crippen molar-refractivity contribution >= 4 is 41.3 Å². The maximum atomic E-state index is 5.72. The van der Waals surface area contributed by atoms with Crippen LogP contribution in [0.25, 0.3) is 0 Å². The van der Waals surface area contributed by atoms with Gasteiger partial charge in [-0.3, -0.25) is 4.99 Å². The van der Waals surface area contributed by atoms with Gasteiger partial charge in [0.25, 0.3) is 0 Å². The van der Waals surface area contributed by atoms with E-state index in [1.165, 1.54) is 21.0 Å². The number of guanidine groups is 1. The molecular weight excluding hydrogens is 523 g/mol. The SMILES string of the molecule is CN=C(NCCc1nc(C)c(C)s1)NCC1(c2cc(C)ccc2OC)CCOCC1.I. The Labute approximate surface area is 207 Å². The second kappa shape index (κ2) is 12.0. The number of nitrogens with zero attached hydrogens (tertiary/aromatic N) is 2. The zero-order chi connectivity index (χ0) is 21.6. The zero-order valence-corrected chi connectivity index (χ0v) is 22.4. The lowest BCUT2D eigenvalue weighted by atomic mass is 9.73. The van der Waals surface area contributed by atoms with E-state index < -0.39 is 0 Å². The Kier molecular flexibility index (Phi) is 10.0. The first-order valence-electron chi connectivity index (χ1n) is 10.6. The Morgan fingerprint density at radius 2 is 1.97 bits per heavy atom. The number of rotatable bonds is 7. The van der Waals surface area contributed by atoms with Gasteiger partial charge in [0.1, 0.15) is 5.75 Å². The van der Waals surface area contributed by atoms with Crippen molar-refractivity contribution < 1.29 is 9.47 Å². The number of benzene rings is 1. The summed E-state index contributed by atoms with van der Waals surface area (Å²) >= 11 is 1.77. The van der Waals surface area contributed by atoms with Gasteiger partial charge >= 0.3 is 0 Å². The predicted octanol–water partition coefficient (Wildman–Crippen LogP) is 4.15. The fourth-order valence-electron chi connectivity index (χ4n) is 3.95. The molecule has 1 fully saturated rings. The molecule has 0 atom stereocenters. The summed E-state index contributed by atoms with van der Waals surface area (Å²) in [5, 5.41) is 8.17. The number of aromatic nitrogens is 1. The average molecular weight is 559 g/mol. The van der Waals surface area contributed by atoms with Crippen LogP contribution in [0.4, 0.5) is 0 Å². The Balaban J connectivity index is 0.00000341. The number of thiazole rings is 1. The number of methoxy groups -OCH3 is 1. The first kappa shape index (κ1) is 25.9. The van der Waals surface area contributed by atoms with Gasteiger partial charge in [0, 0.05) is 55.6 Å². The molecule has 0 amide bonds. The molecule has 0 radical (unpaired) electrons. The van der Waals surface area contributed by atoms with Crippen molar-refractivity contribution in [1.29, 1.82) is 0 Å². The topological polar surface area (TPSA) is 67.8 Å². The highest BCUT2D eigenvalue weighted by Gasteiger charge is 2.37. The second-order valence-corrected chi connectivity index (χ2v) is 9.24. The van der Waals surface area contributed by atoms with E-state index in [2.05, 4.69) is 59.6 Å². The molecular formula is C23H35IN4O2S. The molecule has 1 aromatic carbocycles. The van der Waals surface area contributed by atoms with Crippen LogP contribution in [0, 0.1) is 20.8 Å². The van der Waals surface area contributed by atoms with Crippen molar-refractivity contribution in [2.75, 3.05) is 40.5 Å². The molecule has 2 heterocycles. The number of ether oxygens (including phenoxy) is 2. The van der Waals surface area contributed by atoms with Crippen molar-refractivity contribution in [3.8, 4) is 5.75 Å². The highest BCUT2D eigenvalue weighted by atomic mass is 127. The van der Waals surface area contributed by atoms with Gasteiger partial charge in [-0.15, -0.1) is 35.3 Å². The molecule has 1 aromatic heterocycles. The van der Waals surface area contributed by atoms with Crippen molar-refractivity contribution in [2.45, 2.75) is 45.4 Å². The summed E-state index contributed by atoms with van der Waals surface area (Å²) < 4.78 is 11.4. The number of halogens is 1. The van der Waals surface area contributed by atoms with E-state index in [-0.39, 0.29) is 29.4 Å². The van der Waals surface area contributed by atoms with Gasteiger partial charge in [0.15, 0.2) is 5.96 Å². The third-order valence-electron chi connectivity index (χ3n) is 5.90. The highest BCUT2D eigenvalue weighted by Crippen LogP contribution is 2.40. The molecule has 2 N–H and O–H groups in total. The van der Waals surface area contributed by atoms with Crippen LogP contribution >= 0.6 is 35.3 Å². The number of nitrogens with one attached hydrogen (secondary N) is 2. The Morgan fingerprint density at radius 3 is 2.58 bits per heavy atom. The van der Waals surface area contributed by atoms with Gasteiger partial charge in [-0.05, 0) is 39.7 Å². The Bertz CT molecular complexity index is 859. The van der Waals surface area contributed by atoms with Crippen LogP contribution in [-0.2, 0) is 16.6 Å². The highest BCUT2D eigenvalue weighted by molar-refractivity contribution is 14.0. The quantitative estimate of drug-likeness (QED) is 0.304. The molecule has 1 aliphatic rings. The van der Waals surface area contributed by atoms with Gasteiger partial charge in [0.05, 0.1) is 17.8 Å². The van der Waals surface area contributed by atoms with Gasteiger partial charge < -0.3 is 20.1 Å². The minimum absolute atomic E-state index is 0. The third kappa shape index (κ3) is 6.55. The minimum Gasteiger partial charge on any atom is -0.496 e. The standard InChI is InChI=1S/C23H34N4O2S.HI/c1-16-6-7-20(28-5)19(14-16)23(9-12-29-13-10-23)15-26-22(24-4)25-11-8-21-27-17(2)18(3)30-21;/h6-7,14H,8-13,15H2,1-5H3,(H2,24,25,26);1H. The molecule has 8 heteroatoms. The summed E-state index contributed by atoms with van der Waals surface area (Å²) in [4.78, 5) is 10.3.